The van der Waals surface area contributed by atoms with Gasteiger partial charge in [0.1, 0.15) is 0 Å². The third-order valence-electron chi connectivity index (χ3n) is 13.1. The van der Waals surface area contributed by atoms with Crippen LogP contribution in [0.1, 0.15) is 309 Å². The SMILES string of the molecule is CCCCCCCCCCCCCCCCCC/C=C/C(O)C(CO)NC(=O)CCCCCCCCCCCCCCCOC(=O)CCCCCCCCCCCCCCCC. The highest BCUT2D eigenvalue weighted by molar-refractivity contribution is 5.76. The number of carbonyl (C=O) groups excluding carboxylic acids is 2. The lowest BCUT2D eigenvalue weighted by molar-refractivity contribution is -0.143. The van der Waals surface area contributed by atoms with Crippen LogP contribution in [0.5, 0.6) is 0 Å². The van der Waals surface area contributed by atoms with Crippen LogP contribution in [0.2, 0.25) is 0 Å². The van der Waals surface area contributed by atoms with Gasteiger partial charge in [0.05, 0.1) is 25.4 Å². The van der Waals surface area contributed by atoms with E-state index in [-0.39, 0.29) is 18.5 Å². The summed E-state index contributed by atoms with van der Waals surface area (Å²) >= 11 is 0. The fraction of sp³-hybridized carbons (Fsp3) is 0.929. The summed E-state index contributed by atoms with van der Waals surface area (Å²) in [7, 11) is 0. The number of rotatable bonds is 52. The van der Waals surface area contributed by atoms with Crippen LogP contribution in [0.4, 0.5) is 0 Å². The Bertz CT molecular complexity index is 924. The van der Waals surface area contributed by atoms with E-state index in [0.717, 1.165) is 57.8 Å². The number of aliphatic hydroxyl groups excluding tert-OH is 2. The van der Waals surface area contributed by atoms with E-state index in [4.69, 9.17) is 4.74 Å². The smallest absolute Gasteiger partial charge is 0.305 e. The minimum atomic E-state index is -0.852. The van der Waals surface area contributed by atoms with Crippen LogP contribution in [0.15, 0.2) is 12.2 Å². The predicted molar refractivity (Wildman–Crippen MR) is 269 cm³/mol. The van der Waals surface area contributed by atoms with Crippen molar-refractivity contribution in [1.29, 1.82) is 0 Å². The monoisotopic (exact) mass is 876 g/mol. The molecule has 0 fully saturated rings. The molecule has 0 aromatic carbocycles. The number of hydrogen-bond acceptors (Lipinski definition) is 5. The van der Waals surface area contributed by atoms with Crippen molar-refractivity contribution >= 4 is 11.9 Å². The fourth-order valence-corrected chi connectivity index (χ4v) is 8.75. The molecule has 0 heterocycles. The summed E-state index contributed by atoms with van der Waals surface area (Å²) in [6.45, 7) is 4.90. The average molecular weight is 876 g/mol. The molecule has 6 nitrogen and oxygen atoms in total. The van der Waals surface area contributed by atoms with Crippen molar-refractivity contribution in [2.24, 2.45) is 0 Å². The van der Waals surface area contributed by atoms with Gasteiger partial charge in [-0.15, -0.1) is 0 Å². The lowest BCUT2D eigenvalue weighted by Crippen LogP contribution is -2.45. The van der Waals surface area contributed by atoms with Crippen molar-refractivity contribution in [2.45, 2.75) is 321 Å². The zero-order valence-corrected chi connectivity index (χ0v) is 41.9. The van der Waals surface area contributed by atoms with Crippen LogP contribution in [-0.2, 0) is 14.3 Å². The lowest BCUT2D eigenvalue weighted by Gasteiger charge is -2.20. The number of hydrogen-bond donors (Lipinski definition) is 3. The van der Waals surface area contributed by atoms with Gasteiger partial charge >= 0.3 is 5.97 Å². The number of amides is 1. The topological polar surface area (TPSA) is 95.9 Å². The Morgan fingerprint density at radius 3 is 1.10 bits per heavy atom. The predicted octanol–water partition coefficient (Wildman–Crippen LogP) is 16.9. The first-order valence-corrected chi connectivity index (χ1v) is 28.0. The summed E-state index contributed by atoms with van der Waals surface area (Å²) in [5.74, 6) is -0.0821. The van der Waals surface area contributed by atoms with Crippen LogP contribution >= 0.6 is 0 Å². The molecule has 0 aliphatic heterocycles. The van der Waals surface area contributed by atoms with E-state index in [1.165, 1.54) is 225 Å². The fourth-order valence-electron chi connectivity index (χ4n) is 8.75. The Balaban J connectivity index is 3.47. The summed E-state index contributed by atoms with van der Waals surface area (Å²) in [4.78, 5) is 24.5. The van der Waals surface area contributed by atoms with Crippen LogP contribution in [0.25, 0.3) is 0 Å². The number of carbonyl (C=O) groups is 2. The molecule has 2 atom stereocenters. The van der Waals surface area contributed by atoms with E-state index >= 15 is 0 Å². The molecule has 6 heteroatoms. The summed E-state index contributed by atoms with van der Waals surface area (Å²) in [6.07, 6.45) is 60.7. The molecular weight excluding hydrogens is 767 g/mol. The molecule has 0 aliphatic carbocycles. The largest absolute Gasteiger partial charge is 0.466 e. The summed E-state index contributed by atoms with van der Waals surface area (Å²) in [5.41, 5.74) is 0. The maximum Gasteiger partial charge on any atom is 0.305 e. The van der Waals surface area contributed by atoms with Crippen LogP contribution < -0.4 is 5.32 Å². The molecule has 0 aromatic rings. The van der Waals surface area contributed by atoms with Gasteiger partial charge in [0, 0.05) is 12.8 Å². The van der Waals surface area contributed by atoms with Gasteiger partial charge < -0.3 is 20.3 Å². The molecule has 2 unspecified atom stereocenters. The number of esters is 1. The van der Waals surface area contributed by atoms with Gasteiger partial charge in [-0.25, -0.2) is 0 Å². The third kappa shape index (κ3) is 48.1. The molecule has 0 aromatic heterocycles. The van der Waals surface area contributed by atoms with E-state index in [2.05, 4.69) is 19.2 Å². The van der Waals surface area contributed by atoms with Crippen molar-refractivity contribution in [2.75, 3.05) is 13.2 Å². The van der Waals surface area contributed by atoms with Gasteiger partial charge in [-0.1, -0.05) is 276 Å². The maximum atomic E-state index is 12.5. The average Bonchev–Trinajstić information content (AvgIpc) is 3.27. The molecule has 0 aliphatic rings. The molecule has 0 rings (SSSR count). The molecule has 3 N–H and O–H groups in total. The van der Waals surface area contributed by atoms with Gasteiger partial charge in [-0.3, -0.25) is 9.59 Å². The van der Waals surface area contributed by atoms with Gasteiger partial charge in [0.15, 0.2) is 0 Å². The number of aliphatic hydroxyl groups is 2. The van der Waals surface area contributed by atoms with E-state index in [0.29, 0.717) is 19.4 Å². The Morgan fingerprint density at radius 1 is 0.435 bits per heavy atom. The van der Waals surface area contributed by atoms with Crippen LogP contribution in [-0.4, -0.2) is 47.4 Å². The minimum Gasteiger partial charge on any atom is -0.466 e. The lowest BCUT2D eigenvalue weighted by atomic mass is 10.0. The van der Waals surface area contributed by atoms with Gasteiger partial charge in [0.25, 0.3) is 0 Å². The summed E-state index contributed by atoms with van der Waals surface area (Å²) < 4.78 is 5.47. The molecule has 0 saturated carbocycles. The number of allylic oxidation sites excluding steroid dienone is 1. The van der Waals surface area contributed by atoms with E-state index < -0.39 is 12.1 Å². The van der Waals surface area contributed by atoms with E-state index in [1.54, 1.807) is 6.08 Å². The Labute approximate surface area is 387 Å². The Kier molecular flexibility index (Phi) is 51.0. The quantitative estimate of drug-likeness (QED) is 0.0321. The van der Waals surface area contributed by atoms with Crippen LogP contribution in [0, 0.1) is 0 Å². The van der Waals surface area contributed by atoms with E-state index in [1.807, 2.05) is 6.08 Å². The van der Waals surface area contributed by atoms with Gasteiger partial charge in [-0.05, 0) is 32.1 Å². The Hall–Kier alpha value is -1.40. The molecule has 0 radical (unpaired) electrons. The third-order valence-corrected chi connectivity index (χ3v) is 13.1. The second kappa shape index (κ2) is 52.2. The normalized spacial score (nSPS) is 12.6. The minimum absolute atomic E-state index is 0.00402. The van der Waals surface area contributed by atoms with Crippen molar-refractivity contribution in [3.63, 3.8) is 0 Å². The zero-order chi connectivity index (χ0) is 45.1. The first-order valence-electron chi connectivity index (χ1n) is 28.0. The second-order valence-corrected chi connectivity index (χ2v) is 19.3. The highest BCUT2D eigenvalue weighted by atomic mass is 16.5. The molecule has 0 bridgehead atoms. The van der Waals surface area contributed by atoms with Crippen molar-refractivity contribution in [3.05, 3.63) is 12.2 Å². The molecular formula is C56H109NO5. The van der Waals surface area contributed by atoms with Gasteiger partial charge in [0.2, 0.25) is 5.91 Å². The summed E-state index contributed by atoms with van der Waals surface area (Å²) in [5, 5.41) is 23.1. The number of nitrogens with one attached hydrogen (secondary N) is 1. The van der Waals surface area contributed by atoms with E-state index in [9.17, 15) is 19.8 Å². The highest BCUT2D eigenvalue weighted by Crippen LogP contribution is 2.17. The van der Waals surface area contributed by atoms with Crippen molar-refractivity contribution in [1.82, 2.24) is 5.32 Å². The molecule has 0 saturated heterocycles. The highest BCUT2D eigenvalue weighted by Gasteiger charge is 2.18. The number of ether oxygens (including phenoxy) is 1. The standard InChI is InChI=1S/C56H109NO5/c1-3-5-7-9-11-13-15-17-19-20-21-22-24-28-32-36-40-44-48-54(59)53(52-58)57-55(60)49-45-41-37-33-29-25-23-27-31-35-39-43-47-51-62-56(61)50-46-42-38-34-30-26-18-16-14-12-10-8-6-4-2/h44,48,53-54,58-59H,3-43,45-47,49-52H2,1-2H3,(H,57,60)/b48-44+. The maximum absolute atomic E-state index is 12.5. The van der Waals surface area contributed by atoms with Crippen molar-refractivity contribution in [3.8, 4) is 0 Å². The number of unbranched alkanes of at least 4 members (excludes halogenated alkanes) is 41. The molecule has 1 amide bonds. The first-order chi connectivity index (χ1) is 30.5. The van der Waals surface area contributed by atoms with Crippen LogP contribution in [0.3, 0.4) is 0 Å². The Morgan fingerprint density at radius 2 is 0.742 bits per heavy atom. The molecule has 368 valence electrons. The second-order valence-electron chi connectivity index (χ2n) is 19.3. The molecule has 62 heavy (non-hydrogen) atoms. The molecule has 0 spiro atoms. The van der Waals surface area contributed by atoms with Crippen molar-refractivity contribution < 1.29 is 24.5 Å². The van der Waals surface area contributed by atoms with Gasteiger partial charge in [-0.2, -0.15) is 0 Å². The zero-order valence-electron chi connectivity index (χ0n) is 41.9. The first kappa shape index (κ1) is 60.6. The summed E-state index contributed by atoms with van der Waals surface area (Å²) in [6, 6.07) is -0.636.